The van der Waals surface area contributed by atoms with E-state index in [-0.39, 0.29) is 44.8 Å². The van der Waals surface area contributed by atoms with Crippen LogP contribution in [0, 0.1) is 0 Å². The zero-order chi connectivity index (χ0) is 31.2. The van der Waals surface area contributed by atoms with Crippen LogP contribution in [0.4, 0.5) is 4.79 Å². The zero-order valence-electron chi connectivity index (χ0n) is 23.9. The van der Waals surface area contributed by atoms with Crippen molar-refractivity contribution in [3.05, 3.63) is 77.9 Å². The molecule has 0 unspecified atom stereocenters. The molecule has 5 rings (SSSR count). The number of fused-ring (bicyclic) bond motifs is 3. The number of aliphatic carboxylic acids is 1. The lowest BCUT2D eigenvalue weighted by atomic mass is 9.98. The van der Waals surface area contributed by atoms with Gasteiger partial charge >= 0.3 is 12.1 Å². The van der Waals surface area contributed by atoms with Crippen LogP contribution in [0.25, 0.3) is 11.1 Å². The molecule has 0 spiro atoms. The Hall–Kier alpha value is -5.20. The Morgan fingerprint density at radius 2 is 1.70 bits per heavy atom. The van der Waals surface area contributed by atoms with Gasteiger partial charge in [-0.25, -0.2) is 14.6 Å². The van der Waals surface area contributed by atoms with Crippen molar-refractivity contribution < 1.29 is 33.8 Å². The van der Waals surface area contributed by atoms with E-state index in [4.69, 9.17) is 10.5 Å². The minimum atomic E-state index is -1.23. The predicted octanol–water partition coefficient (Wildman–Crippen LogP) is 1.69. The number of ether oxygens (including phenoxy) is 1. The van der Waals surface area contributed by atoms with Crippen molar-refractivity contribution >= 4 is 29.8 Å². The normalized spacial score (nSPS) is 16.8. The Morgan fingerprint density at radius 1 is 1.02 bits per heavy atom. The minimum Gasteiger partial charge on any atom is -0.480 e. The van der Waals surface area contributed by atoms with Gasteiger partial charge in [0.15, 0.2) is 0 Å². The number of hydrogen-bond acceptors (Lipinski definition) is 7. The largest absolute Gasteiger partial charge is 0.480 e. The maximum atomic E-state index is 13.6. The third-order valence-electron chi connectivity index (χ3n) is 8.05. The van der Waals surface area contributed by atoms with Gasteiger partial charge < -0.3 is 36.1 Å². The first kappa shape index (κ1) is 30.3. The second kappa shape index (κ2) is 13.4. The topological polar surface area (TPSA) is 197 Å². The molecule has 1 aromatic heterocycles. The number of aromatic amines is 1. The summed E-state index contributed by atoms with van der Waals surface area (Å²) in [5.74, 6) is -3.37. The Kier molecular flexibility index (Phi) is 9.22. The van der Waals surface area contributed by atoms with E-state index in [0.717, 1.165) is 22.3 Å². The minimum absolute atomic E-state index is 0.00573. The van der Waals surface area contributed by atoms with Crippen LogP contribution in [-0.4, -0.2) is 81.0 Å². The number of carbonyl (C=O) groups is 5. The summed E-state index contributed by atoms with van der Waals surface area (Å²) < 4.78 is 5.64. The average Bonchev–Trinajstić information content (AvgIpc) is 3.77. The molecule has 3 atom stereocenters. The number of rotatable bonds is 12. The number of nitrogens with two attached hydrogens (primary N) is 1. The molecule has 1 aliphatic carbocycles. The van der Waals surface area contributed by atoms with Gasteiger partial charge in [-0.2, -0.15) is 0 Å². The van der Waals surface area contributed by atoms with E-state index >= 15 is 0 Å². The number of nitrogens with zero attached hydrogens (tertiary/aromatic N) is 2. The molecule has 13 heteroatoms. The fourth-order valence-electron chi connectivity index (χ4n) is 5.91. The zero-order valence-corrected chi connectivity index (χ0v) is 23.9. The molecule has 230 valence electrons. The molecule has 0 bridgehead atoms. The van der Waals surface area contributed by atoms with E-state index in [9.17, 15) is 29.1 Å². The summed E-state index contributed by atoms with van der Waals surface area (Å²) in [6.45, 7) is 0.234. The molecule has 44 heavy (non-hydrogen) atoms. The van der Waals surface area contributed by atoms with Crippen molar-refractivity contribution in [3.63, 3.8) is 0 Å². The number of alkyl carbamates (subject to hydrolysis) is 1. The summed E-state index contributed by atoms with van der Waals surface area (Å²) in [7, 11) is 0. The van der Waals surface area contributed by atoms with Gasteiger partial charge in [-0.3, -0.25) is 14.4 Å². The lowest BCUT2D eigenvalue weighted by Gasteiger charge is -2.28. The molecule has 2 aliphatic rings. The molecule has 0 saturated carbocycles. The highest BCUT2D eigenvalue weighted by atomic mass is 16.5. The highest BCUT2D eigenvalue weighted by Crippen LogP contribution is 2.44. The first-order chi connectivity index (χ1) is 21.2. The monoisotopic (exact) mass is 602 g/mol. The summed E-state index contributed by atoms with van der Waals surface area (Å²) in [6.07, 6.45) is 2.50. The molecule has 3 aromatic rings. The molecule has 6 N–H and O–H groups in total. The number of amides is 4. The number of nitrogens with one attached hydrogen (secondary N) is 3. The Bertz CT molecular complexity index is 1500. The third kappa shape index (κ3) is 6.72. The average molecular weight is 603 g/mol. The molecule has 1 fully saturated rings. The van der Waals surface area contributed by atoms with Gasteiger partial charge in [0.25, 0.3) is 0 Å². The van der Waals surface area contributed by atoms with Crippen molar-refractivity contribution in [3.8, 4) is 11.1 Å². The lowest BCUT2D eigenvalue weighted by molar-refractivity contribution is -0.149. The van der Waals surface area contributed by atoms with Gasteiger partial charge in [0.1, 0.15) is 24.7 Å². The lowest BCUT2D eigenvalue weighted by Crippen LogP contribution is -2.56. The highest BCUT2D eigenvalue weighted by molar-refractivity contribution is 5.93. The van der Waals surface area contributed by atoms with Crippen LogP contribution in [0.15, 0.2) is 61.1 Å². The number of carboxylic acids is 1. The molecule has 1 saturated heterocycles. The highest BCUT2D eigenvalue weighted by Gasteiger charge is 2.38. The standard InChI is InChI=1S/C31H34N6O7/c32-27(38)12-11-24(29(40)37-13-5-10-26(37)30(41)42)35-28(39)25(14-18-15-33-17-34-18)36-31(43)44-16-23-21-8-3-1-6-19(21)20-7-2-4-9-22(20)23/h1-4,6-9,15,17,23-26H,5,10-14,16H2,(H2,32,38)(H,33,34)(H,35,39)(H,36,43)(H,41,42)/t24-,25-,26-/m1/s1. The van der Waals surface area contributed by atoms with E-state index in [2.05, 4.69) is 20.6 Å². The third-order valence-corrected chi connectivity index (χ3v) is 8.05. The number of H-pyrrole nitrogens is 1. The van der Waals surface area contributed by atoms with Gasteiger partial charge in [-0.15, -0.1) is 0 Å². The number of carbonyl (C=O) groups excluding carboxylic acids is 4. The van der Waals surface area contributed by atoms with Crippen LogP contribution in [0.3, 0.4) is 0 Å². The maximum Gasteiger partial charge on any atom is 0.407 e. The first-order valence-corrected chi connectivity index (χ1v) is 14.4. The number of carboxylic acid groups (broad SMARTS) is 1. The number of primary amides is 1. The van der Waals surface area contributed by atoms with E-state index in [1.54, 1.807) is 0 Å². The second-order valence-corrected chi connectivity index (χ2v) is 10.9. The summed E-state index contributed by atoms with van der Waals surface area (Å²) in [4.78, 5) is 71.3. The van der Waals surface area contributed by atoms with E-state index < -0.39 is 47.9 Å². The summed E-state index contributed by atoms with van der Waals surface area (Å²) >= 11 is 0. The SMILES string of the molecule is NC(=O)CC[C@@H](NC(=O)[C@@H](Cc1cnc[nH]1)NC(=O)OCC1c2ccccc2-c2ccccc21)C(=O)N1CCC[C@@H]1C(=O)O. The fourth-order valence-corrected chi connectivity index (χ4v) is 5.91. The van der Waals surface area contributed by atoms with Crippen LogP contribution in [0.2, 0.25) is 0 Å². The van der Waals surface area contributed by atoms with Crippen LogP contribution < -0.4 is 16.4 Å². The van der Waals surface area contributed by atoms with Crippen LogP contribution in [-0.2, 0) is 30.3 Å². The molecule has 2 aromatic carbocycles. The molecule has 2 heterocycles. The molecule has 1 aliphatic heterocycles. The van der Waals surface area contributed by atoms with E-state index in [1.165, 1.54) is 17.4 Å². The van der Waals surface area contributed by atoms with Crippen LogP contribution in [0.5, 0.6) is 0 Å². The number of aromatic nitrogens is 2. The molecular formula is C31H34N6O7. The van der Waals surface area contributed by atoms with Gasteiger partial charge in [0, 0.05) is 37.2 Å². The quantitative estimate of drug-likeness (QED) is 0.206. The van der Waals surface area contributed by atoms with Crippen molar-refractivity contribution in [1.82, 2.24) is 25.5 Å². The van der Waals surface area contributed by atoms with Gasteiger partial charge in [0.05, 0.1) is 6.33 Å². The van der Waals surface area contributed by atoms with Crippen molar-refractivity contribution in [2.24, 2.45) is 5.73 Å². The van der Waals surface area contributed by atoms with Crippen molar-refractivity contribution in [2.75, 3.05) is 13.2 Å². The molecule has 4 amide bonds. The van der Waals surface area contributed by atoms with Gasteiger partial charge in [0.2, 0.25) is 17.7 Å². The number of likely N-dealkylation sites (tertiary alicyclic amines) is 1. The van der Waals surface area contributed by atoms with E-state index in [1.807, 2.05) is 48.5 Å². The second-order valence-electron chi connectivity index (χ2n) is 10.9. The van der Waals surface area contributed by atoms with Gasteiger partial charge in [-0.05, 0) is 41.5 Å². The summed E-state index contributed by atoms with van der Waals surface area (Å²) in [6, 6.07) is 12.4. The van der Waals surface area contributed by atoms with Crippen LogP contribution in [0.1, 0.15) is 48.4 Å². The Labute approximate surface area is 253 Å². The predicted molar refractivity (Wildman–Crippen MR) is 157 cm³/mol. The number of benzene rings is 2. The van der Waals surface area contributed by atoms with Crippen molar-refractivity contribution in [1.29, 1.82) is 0 Å². The Morgan fingerprint density at radius 3 is 2.32 bits per heavy atom. The number of hydrogen-bond donors (Lipinski definition) is 5. The van der Waals surface area contributed by atoms with Crippen LogP contribution >= 0.6 is 0 Å². The van der Waals surface area contributed by atoms with Crippen molar-refractivity contribution in [2.45, 2.75) is 56.1 Å². The summed E-state index contributed by atoms with van der Waals surface area (Å²) in [5.41, 5.74) is 10.1. The number of imidazole rings is 1. The van der Waals surface area contributed by atoms with Gasteiger partial charge in [-0.1, -0.05) is 48.5 Å². The fraction of sp³-hybridized carbons (Fsp3) is 0.355. The Balaban J connectivity index is 1.29. The molecular weight excluding hydrogens is 568 g/mol. The maximum absolute atomic E-state index is 13.6. The first-order valence-electron chi connectivity index (χ1n) is 14.4. The summed E-state index contributed by atoms with van der Waals surface area (Å²) in [5, 5.41) is 14.8. The molecule has 13 nitrogen and oxygen atoms in total. The van der Waals surface area contributed by atoms with E-state index in [0.29, 0.717) is 12.1 Å². The molecule has 0 radical (unpaired) electrons. The smallest absolute Gasteiger partial charge is 0.407 e.